The zero-order valence-corrected chi connectivity index (χ0v) is 29.8. The largest absolute Gasteiger partial charge is 0.469 e. The van der Waals surface area contributed by atoms with E-state index in [1.165, 1.54) is 7.11 Å². The van der Waals surface area contributed by atoms with Gasteiger partial charge in [0, 0.05) is 18.8 Å². The Balaban J connectivity index is 3.35. The molecule has 0 aromatic carbocycles. The van der Waals surface area contributed by atoms with E-state index in [-0.39, 0.29) is 52.3 Å². The second-order valence-corrected chi connectivity index (χ2v) is 23.9. The molecular formula is C33H60O5Si2. The molecule has 1 rings (SSSR count). The van der Waals surface area contributed by atoms with Crippen molar-refractivity contribution in [3.8, 4) is 0 Å². The topological polar surface area (TPSA) is 61.8 Å². The Bertz CT molecular complexity index is 889. The van der Waals surface area contributed by atoms with Crippen LogP contribution in [0.5, 0.6) is 0 Å². The molecule has 0 unspecified atom stereocenters. The molecule has 0 amide bonds. The van der Waals surface area contributed by atoms with Gasteiger partial charge in [-0.3, -0.25) is 9.59 Å². The molecule has 7 heteroatoms. The van der Waals surface area contributed by atoms with Crippen molar-refractivity contribution in [3.63, 3.8) is 0 Å². The number of ether oxygens (including phenoxy) is 1. The van der Waals surface area contributed by atoms with Crippen LogP contribution in [0.15, 0.2) is 36.5 Å². The molecule has 1 saturated carbocycles. The van der Waals surface area contributed by atoms with Gasteiger partial charge < -0.3 is 13.6 Å². The van der Waals surface area contributed by atoms with Crippen LogP contribution in [0.2, 0.25) is 36.3 Å². The first-order valence-corrected chi connectivity index (χ1v) is 21.1. The standard InChI is InChI=1S/C33H60O5Si2/c1-13-14-15-16-17-18-21-27-28(24-23-26(34)20-19-22-31(35)36-8)30(38-40(11,12)33(5,6)7)25-29(27)37-39(9,10)32(2,3)4/h14-15,17-18,23-24,27-30H,13,16,19-22,25H2,1-12H3/b15-14-,18-17-,24-23+/t27-,28+,29-,30+/m1/s1. The summed E-state index contributed by atoms with van der Waals surface area (Å²) < 4.78 is 18.9. The Morgan fingerprint density at radius 2 is 1.38 bits per heavy atom. The highest BCUT2D eigenvalue weighted by molar-refractivity contribution is 6.74. The fraction of sp³-hybridized carbons (Fsp3) is 0.758. The molecule has 1 aliphatic carbocycles. The number of rotatable bonds is 15. The highest BCUT2D eigenvalue weighted by Gasteiger charge is 2.50. The average molecular weight is 593 g/mol. The normalized spacial score (nSPS) is 23.1. The lowest BCUT2D eigenvalue weighted by atomic mass is 9.89. The lowest BCUT2D eigenvalue weighted by molar-refractivity contribution is -0.140. The fourth-order valence-corrected chi connectivity index (χ4v) is 7.28. The molecule has 4 atom stereocenters. The van der Waals surface area contributed by atoms with Gasteiger partial charge in [0.05, 0.1) is 19.3 Å². The number of methoxy groups -OCH3 is 1. The SMILES string of the molecule is CC/C=C\C/C=C\C[C@@H]1[C@H](/C=C/C(=O)CCCC(=O)OC)[C@@H](O[Si](C)(C)C(C)(C)C)C[C@H]1O[Si](C)(C)C(C)(C)C. The van der Waals surface area contributed by atoms with Gasteiger partial charge in [0.15, 0.2) is 22.4 Å². The molecule has 0 aliphatic heterocycles. The smallest absolute Gasteiger partial charge is 0.305 e. The lowest BCUT2D eigenvalue weighted by Crippen LogP contribution is -2.45. The van der Waals surface area contributed by atoms with Crippen molar-refractivity contribution < 1.29 is 23.2 Å². The minimum atomic E-state index is -2.05. The number of ketones is 1. The van der Waals surface area contributed by atoms with Crippen LogP contribution in [-0.2, 0) is 23.2 Å². The summed E-state index contributed by atoms with van der Waals surface area (Å²) in [7, 11) is -2.70. The van der Waals surface area contributed by atoms with Gasteiger partial charge in [0.1, 0.15) is 0 Å². The molecule has 0 heterocycles. The quantitative estimate of drug-likeness (QED) is 0.0821. The summed E-state index contributed by atoms with van der Waals surface area (Å²) in [5.74, 6) is 0.0862. The Labute approximate surface area is 248 Å². The van der Waals surface area contributed by atoms with Crippen LogP contribution in [0.25, 0.3) is 0 Å². The molecule has 0 aromatic rings. The Morgan fingerprint density at radius 3 is 1.90 bits per heavy atom. The molecule has 230 valence electrons. The maximum absolute atomic E-state index is 12.8. The van der Waals surface area contributed by atoms with Crippen molar-refractivity contribution in [2.45, 2.75) is 142 Å². The predicted octanol–water partition coefficient (Wildman–Crippen LogP) is 9.17. The molecule has 0 radical (unpaired) electrons. The van der Waals surface area contributed by atoms with E-state index in [1.807, 2.05) is 0 Å². The molecule has 1 fully saturated rings. The average Bonchev–Trinajstić information content (AvgIpc) is 3.12. The second-order valence-electron chi connectivity index (χ2n) is 14.4. The van der Waals surface area contributed by atoms with Gasteiger partial charge in [-0.1, -0.05) is 78.8 Å². The maximum Gasteiger partial charge on any atom is 0.305 e. The van der Waals surface area contributed by atoms with Crippen molar-refractivity contribution in [2.24, 2.45) is 11.8 Å². The number of hydrogen-bond acceptors (Lipinski definition) is 5. The molecule has 1 aliphatic rings. The van der Waals surface area contributed by atoms with Gasteiger partial charge >= 0.3 is 5.97 Å². The van der Waals surface area contributed by atoms with E-state index in [2.05, 4.69) is 105 Å². The summed E-state index contributed by atoms with van der Waals surface area (Å²) in [6.45, 7) is 25.1. The van der Waals surface area contributed by atoms with Crippen molar-refractivity contribution >= 4 is 28.4 Å². The van der Waals surface area contributed by atoms with Crippen LogP contribution < -0.4 is 0 Å². The van der Waals surface area contributed by atoms with Crippen molar-refractivity contribution in [2.75, 3.05) is 7.11 Å². The number of carbonyl (C=O) groups excluding carboxylic acids is 2. The summed E-state index contributed by atoms with van der Waals surface area (Å²) >= 11 is 0. The zero-order chi connectivity index (χ0) is 30.8. The first kappa shape index (κ1) is 36.7. The number of esters is 1. The van der Waals surface area contributed by atoms with Crippen molar-refractivity contribution in [1.82, 2.24) is 0 Å². The van der Waals surface area contributed by atoms with Crippen LogP contribution in [-0.4, -0.2) is 47.7 Å². The second kappa shape index (κ2) is 15.8. The maximum atomic E-state index is 12.8. The van der Waals surface area contributed by atoms with Gasteiger partial charge in [-0.15, -0.1) is 0 Å². The van der Waals surface area contributed by atoms with E-state index in [1.54, 1.807) is 6.08 Å². The zero-order valence-electron chi connectivity index (χ0n) is 27.8. The Hall–Kier alpha value is -1.29. The third-order valence-corrected chi connectivity index (χ3v) is 18.2. The van der Waals surface area contributed by atoms with Gasteiger partial charge in [0.2, 0.25) is 0 Å². The van der Waals surface area contributed by atoms with Crippen LogP contribution in [0.4, 0.5) is 0 Å². The number of allylic oxidation sites excluding steroid dienone is 5. The summed E-state index contributed by atoms with van der Waals surface area (Å²) in [4.78, 5) is 24.3. The monoisotopic (exact) mass is 592 g/mol. The fourth-order valence-electron chi connectivity index (χ4n) is 4.53. The van der Waals surface area contributed by atoms with Crippen LogP contribution >= 0.6 is 0 Å². The van der Waals surface area contributed by atoms with Gasteiger partial charge in [-0.05, 0) is 80.4 Å². The molecule has 5 nitrogen and oxygen atoms in total. The van der Waals surface area contributed by atoms with Crippen molar-refractivity contribution in [1.29, 1.82) is 0 Å². The van der Waals surface area contributed by atoms with Gasteiger partial charge in [0.25, 0.3) is 0 Å². The van der Waals surface area contributed by atoms with Gasteiger partial charge in [-0.2, -0.15) is 0 Å². The van der Waals surface area contributed by atoms with Crippen LogP contribution in [0.3, 0.4) is 0 Å². The van der Waals surface area contributed by atoms with Gasteiger partial charge in [-0.25, -0.2) is 0 Å². The summed E-state index contributed by atoms with van der Waals surface area (Å²) in [5, 5.41) is 0.196. The third kappa shape index (κ3) is 11.5. The third-order valence-electron chi connectivity index (χ3n) is 9.16. The molecule has 0 bridgehead atoms. The van der Waals surface area contributed by atoms with E-state index in [4.69, 9.17) is 13.6 Å². The van der Waals surface area contributed by atoms with Crippen LogP contribution in [0, 0.1) is 11.8 Å². The Morgan fingerprint density at radius 1 is 0.825 bits per heavy atom. The van der Waals surface area contributed by atoms with E-state index in [9.17, 15) is 9.59 Å². The van der Waals surface area contributed by atoms with E-state index in [0.29, 0.717) is 12.8 Å². The van der Waals surface area contributed by atoms with E-state index in [0.717, 1.165) is 25.7 Å². The van der Waals surface area contributed by atoms with Crippen LogP contribution in [0.1, 0.15) is 93.4 Å². The molecule has 0 aromatic heterocycles. The first-order chi connectivity index (χ1) is 18.4. The van der Waals surface area contributed by atoms with E-state index >= 15 is 0 Å². The molecular weight excluding hydrogens is 533 g/mol. The minimum absolute atomic E-state index is 0.00756. The predicted molar refractivity (Wildman–Crippen MR) is 174 cm³/mol. The van der Waals surface area contributed by atoms with E-state index < -0.39 is 16.6 Å². The number of hydrogen-bond donors (Lipinski definition) is 0. The highest BCUT2D eigenvalue weighted by atomic mass is 28.4. The molecule has 0 N–H and O–H groups in total. The summed E-state index contributed by atoms with van der Waals surface area (Å²) in [5.41, 5.74) is 0. The molecule has 0 saturated heterocycles. The summed E-state index contributed by atoms with van der Waals surface area (Å²) in [6.07, 6.45) is 17.7. The highest BCUT2D eigenvalue weighted by Crippen LogP contribution is 2.47. The molecule has 0 spiro atoms. The van der Waals surface area contributed by atoms with Crippen molar-refractivity contribution in [3.05, 3.63) is 36.5 Å². The minimum Gasteiger partial charge on any atom is -0.469 e. The molecule has 40 heavy (non-hydrogen) atoms. The number of carbonyl (C=O) groups is 2. The summed E-state index contributed by atoms with van der Waals surface area (Å²) in [6, 6.07) is 0. The first-order valence-electron chi connectivity index (χ1n) is 15.3. The Kier molecular flexibility index (Phi) is 14.5. The lowest BCUT2D eigenvalue weighted by Gasteiger charge is -2.40.